The third-order valence-corrected chi connectivity index (χ3v) is 19.1. The molecule has 0 aromatic carbocycles. The molecule has 0 aliphatic rings. The normalized spacial score (nSPS) is 14.9. The number of aliphatic hydroxyl groups excluding tert-OH is 2. The fourth-order valence-electron chi connectivity index (χ4n) is 10.8. The first-order chi connectivity index (χ1) is 55.2. The lowest BCUT2D eigenvalue weighted by Gasteiger charge is -2.21. The van der Waals surface area contributed by atoms with Crippen molar-refractivity contribution in [1.82, 2.24) is 0 Å². The van der Waals surface area contributed by atoms with Crippen LogP contribution in [0.2, 0.25) is 0 Å². The highest BCUT2D eigenvalue weighted by molar-refractivity contribution is 7.47. The summed E-state index contributed by atoms with van der Waals surface area (Å²) in [5, 5.41) is 20.7. The Bertz CT molecular complexity index is 2930. The summed E-state index contributed by atoms with van der Waals surface area (Å²) >= 11 is 0. The van der Waals surface area contributed by atoms with Crippen molar-refractivity contribution in [2.24, 2.45) is 0 Å². The molecule has 0 radical (unpaired) electrons. The van der Waals surface area contributed by atoms with Crippen LogP contribution in [0.1, 0.15) is 303 Å². The van der Waals surface area contributed by atoms with Gasteiger partial charge < -0.3 is 34.2 Å². The Labute approximate surface area is 685 Å². The lowest BCUT2D eigenvalue weighted by Crippen LogP contribution is -2.29. The number of carbonyl (C=O) groups is 3. The van der Waals surface area contributed by atoms with Crippen LogP contribution < -0.4 is 0 Å². The monoisotopic (exact) mass is 1610 g/mol. The standard InChI is InChI=1S/C95H152O16P2/c1-4-7-10-13-16-19-22-25-28-31-34-36-38-39-40-41-42-43-44-45-46-47-48-49-51-53-55-57-60-63-66-69-72-75-78-81-93(98)105-84-90(96)85-107-112(101,102)108-86-91(97)87-109-113(103,104)110-89-92(111-95(100)83-80-77-74-71-68-65-62-59-54-33-30-27-24-21-18-15-12-9-6-3)88-106-94(99)82-79-76-73-70-67-64-61-58-56-52-50-37-35-32-29-26-23-20-17-14-11-8-5-2/h7-12,16-21,25-30,34-37,39-40,42-43,52,54,56,59,61,64-65,68,74,77,90-92,96-97H,4-6,13-15,22-24,31-33,38,41,44-51,53,55,57-58,60,62-63,66-67,69-73,75-76,78-89H2,1-3H3,(H,101,102)(H,103,104)/b10-7-,11-8-,12-9-,19-16-,20-17-,21-18-,28-25-,29-26-,30-27-,36-34-,37-35-,40-39-,43-42-,56-52-,59-54-,64-61-,68-65-,77-74-. The number of hydrogen-bond donors (Lipinski definition) is 4. The average molecular weight is 1610 g/mol. The number of rotatable bonds is 79. The van der Waals surface area contributed by atoms with Crippen LogP contribution in [0.15, 0.2) is 219 Å². The summed E-state index contributed by atoms with van der Waals surface area (Å²) in [4.78, 5) is 58.8. The van der Waals surface area contributed by atoms with E-state index in [9.17, 15) is 43.5 Å². The number of carbonyl (C=O) groups excluding carboxylic acids is 3. The van der Waals surface area contributed by atoms with Crippen LogP contribution in [0.25, 0.3) is 0 Å². The minimum Gasteiger partial charge on any atom is -0.463 e. The Morgan fingerprint density at radius 3 is 0.735 bits per heavy atom. The quantitative estimate of drug-likeness (QED) is 0.0146. The van der Waals surface area contributed by atoms with Gasteiger partial charge in [-0.3, -0.25) is 32.5 Å². The molecule has 0 amide bonds. The van der Waals surface area contributed by atoms with Crippen LogP contribution in [0.3, 0.4) is 0 Å². The van der Waals surface area contributed by atoms with Crippen molar-refractivity contribution in [2.45, 2.75) is 322 Å². The zero-order valence-corrected chi connectivity index (χ0v) is 71.7. The summed E-state index contributed by atoms with van der Waals surface area (Å²) in [5.74, 6) is -1.72. The maximum absolute atomic E-state index is 13.0. The summed E-state index contributed by atoms with van der Waals surface area (Å²) in [6.07, 6.45) is 116. The first-order valence-corrected chi connectivity index (χ1v) is 46.0. The third kappa shape index (κ3) is 86.6. The molecule has 18 heteroatoms. The number of phosphoric ester groups is 2. The van der Waals surface area contributed by atoms with Crippen LogP contribution in [0.5, 0.6) is 0 Å². The van der Waals surface area contributed by atoms with E-state index in [-0.39, 0.29) is 19.3 Å². The van der Waals surface area contributed by atoms with E-state index in [1.54, 1.807) is 0 Å². The number of unbranched alkanes of at least 4 members (excludes halogenated alkanes) is 20. The van der Waals surface area contributed by atoms with Crippen LogP contribution in [-0.2, 0) is 55.8 Å². The smallest absolute Gasteiger partial charge is 0.463 e. The van der Waals surface area contributed by atoms with Crippen LogP contribution in [-0.4, -0.2) is 95.9 Å². The molecule has 0 aliphatic heterocycles. The topological polar surface area (TPSA) is 231 Å². The molecule has 0 saturated carbocycles. The molecule has 0 rings (SSSR count). The number of phosphoric acid groups is 2. The Morgan fingerprint density at radius 2 is 0.460 bits per heavy atom. The van der Waals surface area contributed by atoms with Gasteiger partial charge in [0.15, 0.2) is 6.10 Å². The third-order valence-electron chi connectivity index (χ3n) is 17.2. The summed E-state index contributed by atoms with van der Waals surface area (Å²) in [7, 11) is -9.85. The number of esters is 3. The molecule has 113 heavy (non-hydrogen) atoms. The maximum atomic E-state index is 13.0. The number of ether oxygens (including phenoxy) is 3. The maximum Gasteiger partial charge on any atom is 0.472 e. The van der Waals surface area contributed by atoms with Crippen molar-refractivity contribution in [3.05, 3.63) is 219 Å². The van der Waals surface area contributed by atoms with Crippen molar-refractivity contribution in [3.63, 3.8) is 0 Å². The SMILES string of the molecule is CC/C=C\C/C=C\C/C=C\C/C=C\C/C=C\C/C=C\CCCCCCCCCCCCCCCCCCC(=O)OCC(O)COP(=O)(O)OCC(O)COP(=O)(O)OCC(COC(=O)CCCCCC/C=C\C/C=C\C/C=C\C/C=C\C/C=C\C/C=C\CC)OC(=O)CC/C=C\C/C=C\C/C=C\C/C=C\C/C=C\C/C=C\CC. The predicted octanol–water partition coefficient (Wildman–Crippen LogP) is 26.2. The average Bonchev–Trinajstić information content (AvgIpc) is 0.899. The van der Waals surface area contributed by atoms with E-state index in [0.29, 0.717) is 25.7 Å². The summed E-state index contributed by atoms with van der Waals surface area (Å²) in [6, 6.07) is 0. The molecule has 0 heterocycles. The Kier molecular flexibility index (Phi) is 80.6. The zero-order chi connectivity index (χ0) is 82.2. The van der Waals surface area contributed by atoms with Crippen molar-refractivity contribution >= 4 is 33.6 Å². The van der Waals surface area contributed by atoms with Crippen molar-refractivity contribution in [2.75, 3.05) is 39.6 Å². The van der Waals surface area contributed by atoms with Crippen LogP contribution in [0.4, 0.5) is 0 Å². The molecular weight excluding hydrogens is 1460 g/mol. The van der Waals surface area contributed by atoms with Gasteiger partial charge in [-0.15, -0.1) is 0 Å². The fourth-order valence-corrected chi connectivity index (χ4v) is 12.4. The van der Waals surface area contributed by atoms with Gasteiger partial charge in [-0.05, 0) is 161 Å². The molecule has 5 atom stereocenters. The molecule has 0 fully saturated rings. The van der Waals surface area contributed by atoms with E-state index in [4.69, 9.17) is 32.3 Å². The van der Waals surface area contributed by atoms with Gasteiger partial charge in [0, 0.05) is 19.3 Å². The van der Waals surface area contributed by atoms with Crippen molar-refractivity contribution < 1.29 is 75.8 Å². The highest BCUT2D eigenvalue weighted by atomic mass is 31.2. The molecule has 638 valence electrons. The van der Waals surface area contributed by atoms with Crippen LogP contribution in [0, 0.1) is 0 Å². The minimum absolute atomic E-state index is 0.0353. The van der Waals surface area contributed by atoms with E-state index in [1.165, 1.54) is 83.5 Å². The minimum atomic E-state index is -4.97. The predicted molar refractivity (Wildman–Crippen MR) is 472 cm³/mol. The molecule has 0 aromatic rings. The Hall–Kier alpha value is -6.13. The van der Waals surface area contributed by atoms with Gasteiger partial charge in [-0.2, -0.15) is 0 Å². The van der Waals surface area contributed by atoms with Gasteiger partial charge >= 0.3 is 33.6 Å². The Balaban J connectivity index is 4.59. The van der Waals surface area contributed by atoms with Gasteiger partial charge in [0.1, 0.15) is 25.4 Å². The number of hydrogen-bond acceptors (Lipinski definition) is 14. The summed E-state index contributed by atoms with van der Waals surface area (Å²) in [6.45, 7) is 2.20. The lowest BCUT2D eigenvalue weighted by molar-refractivity contribution is -0.161. The van der Waals surface area contributed by atoms with Crippen molar-refractivity contribution in [1.29, 1.82) is 0 Å². The fraction of sp³-hybridized carbons (Fsp3) is 0.589. The first-order valence-electron chi connectivity index (χ1n) is 43.0. The van der Waals surface area contributed by atoms with E-state index in [1.807, 2.05) is 18.2 Å². The Morgan fingerprint density at radius 1 is 0.248 bits per heavy atom. The molecule has 0 spiro atoms. The van der Waals surface area contributed by atoms with Crippen LogP contribution >= 0.6 is 15.6 Å². The van der Waals surface area contributed by atoms with Gasteiger partial charge in [-0.25, -0.2) is 9.13 Å². The second-order valence-electron chi connectivity index (χ2n) is 27.8. The molecular formula is C95H152O16P2. The van der Waals surface area contributed by atoms with E-state index < -0.39 is 91.5 Å². The molecule has 0 aliphatic carbocycles. The van der Waals surface area contributed by atoms with E-state index >= 15 is 0 Å². The molecule has 0 aromatic heterocycles. The van der Waals surface area contributed by atoms with Gasteiger partial charge in [0.25, 0.3) is 0 Å². The lowest BCUT2D eigenvalue weighted by atomic mass is 10.0. The zero-order valence-electron chi connectivity index (χ0n) is 70.0. The van der Waals surface area contributed by atoms with Gasteiger partial charge in [-0.1, -0.05) is 342 Å². The number of aliphatic hydroxyl groups is 2. The molecule has 0 bridgehead atoms. The van der Waals surface area contributed by atoms with Crippen molar-refractivity contribution in [3.8, 4) is 0 Å². The second kappa shape index (κ2) is 85.2. The largest absolute Gasteiger partial charge is 0.472 e. The molecule has 16 nitrogen and oxygen atoms in total. The molecule has 5 unspecified atom stereocenters. The second-order valence-corrected chi connectivity index (χ2v) is 30.7. The van der Waals surface area contributed by atoms with Gasteiger partial charge in [0.05, 0.1) is 26.4 Å². The van der Waals surface area contributed by atoms with Gasteiger partial charge in [0.2, 0.25) is 0 Å². The summed E-state index contributed by atoms with van der Waals surface area (Å²) < 4.78 is 61.2. The molecule has 0 saturated heterocycles. The highest BCUT2D eigenvalue weighted by Gasteiger charge is 2.29. The van der Waals surface area contributed by atoms with E-state index in [0.717, 1.165) is 154 Å². The summed E-state index contributed by atoms with van der Waals surface area (Å²) in [5.41, 5.74) is 0. The highest BCUT2D eigenvalue weighted by Crippen LogP contribution is 2.45. The molecule has 4 N–H and O–H groups in total. The first kappa shape index (κ1) is 107. The van der Waals surface area contributed by atoms with E-state index in [2.05, 4.69) is 221 Å². The number of allylic oxidation sites excluding steroid dienone is 36.